The van der Waals surface area contributed by atoms with E-state index in [1.54, 1.807) is 44.5 Å². The summed E-state index contributed by atoms with van der Waals surface area (Å²) in [5, 5.41) is 9.22. The van der Waals surface area contributed by atoms with Gasteiger partial charge in [-0.3, -0.25) is 14.6 Å². The highest BCUT2D eigenvalue weighted by Gasteiger charge is 2.18. The summed E-state index contributed by atoms with van der Waals surface area (Å²) in [4.78, 5) is 28.2. The number of benzene rings is 2. The van der Waals surface area contributed by atoms with E-state index in [-0.39, 0.29) is 0 Å². The van der Waals surface area contributed by atoms with E-state index in [0.717, 1.165) is 40.4 Å². The van der Waals surface area contributed by atoms with Crippen LogP contribution in [0.3, 0.4) is 0 Å². The molecule has 2 heterocycles. The Morgan fingerprint density at radius 3 is 2.58 bits per heavy atom. The Kier molecular flexibility index (Phi) is 8.81. The predicted molar refractivity (Wildman–Crippen MR) is 146 cm³/mol. The lowest BCUT2D eigenvalue weighted by molar-refractivity contribution is -0.136. The summed E-state index contributed by atoms with van der Waals surface area (Å²) in [7, 11) is 1.62. The van der Waals surface area contributed by atoms with Gasteiger partial charge in [-0.25, -0.2) is 0 Å². The van der Waals surface area contributed by atoms with Gasteiger partial charge >= 0.3 is 11.8 Å². The summed E-state index contributed by atoms with van der Waals surface area (Å²) in [6.45, 7) is 4.81. The number of likely N-dealkylation sites (N-methyl/N-ethyl adjacent to an activating group) is 1. The number of fused-ring (bicyclic) bond motifs is 1. The van der Waals surface area contributed by atoms with E-state index < -0.39 is 11.8 Å². The normalized spacial score (nSPS) is 13.8. The van der Waals surface area contributed by atoms with Crippen LogP contribution in [0.2, 0.25) is 0 Å². The topological polar surface area (TPSA) is 111 Å². The standard InChI is InChI=1S/C26H29IN4O5/c1-3-29-25(32)26(33)31-17-4-5-22(19(27)12-17)36-21-8-11-30-20-14-24(23(34-2)13-18(20)21)35-15-16-6-9-28-10-7-16/h4-5,8,11-14,16,28H,3,6-7,9-10,15H2,1-2H3,(H,29,32)(H,31,33). The minimum Gasteiger partial charge on any atom is -0.493 e. The Labute approximate surface area is 223 Å². The Bertz CT molecular complexity index is 1250. The molecule has 9 nitrogen and oxygen atoms in total. The number of aromatic nitrogens is 1. The van der Waals surface area contributed by atoms with Gasteiger partial charge in [0, 0.05) is 29.9 Å². The molecule has 1 fully saturated rings. The van der Waals surface area contributed by atoms with E-state index in [2.05, 4.69) is 43.5 Å². The smallest absolute Gasteiger partial charge is 0.313 e. The number of halogens is 1. The van der Waals surface area contributed by atoms with Crippen LogP contribution in [-0.2, 0) is 9.59 Å². The number of carbonyl (C=O) groups excluding carboxylic acids is 2. The number of methoxy groups -OCH3 is 1. The van der Waals surface area contributed by atoms with Gasteiger partial charge in [-0.05, 0) is 91.7 Å². The SMILES string of the molecule is CCNC(=O)C(=O)Nc1ccc(Oc2ccnc3cc(OCC4CCNCC4)c(OC)cc23)c(I)c1. The number of amides is 2. The zero-order chi connectivity index (χ0) is 25.5. The summed E-state index contributed by atoms with van der Waals surface area (Å²) >= 11 is 2.13. The highest BCUT2D eigenvalue weighted by atomic mass is 127. The van der Waals surface area contributed by atoms with Crippen molar-refractivity contribution < 1.29 is 23.8 Å². The average Bonchev–Trinajstić information content (AvgIpc) is 2.89. The quantitative estimate of drug-likeness (QED) is 0.263. The van der Waals surface area contributed by atoms with Gasteiger partial charge in [0.2, 0.25) is 0 Å². The minimum absolute atomic E-state index is 0.382. The third kappa shape index (κ3) is 6.35. The second-order valence-electron chi connectivity index (χ2n) is 8.39. The predicted octanol–water partition coefficient (Wildman–Crippen LogP) is 4.09. The summed E-state index contributed by atoms with van der Waals surface area (Å²) in [5.74, 6) is 1.62. The number of ether oxygens (including phenoxy) is 3. The Balaban J connectivity index is 1.52. The Morgan fingerprint density at radius 1 is 1.06 bits per heavy atom. The molecular weight excluding hydrogens is 575 g/mol. The van der Waals surface area contributed by atoms with Crippen molar-refractivity contribution in [2.75, 3.05) is 38.7 Å². The lowest BCUT2D eigenvalue weighted by Crippen LogP contribution is -2.35. The molecule has 0 aliphatic carbocycles. The molecule has 36 heavy (non-hydrogen) atoms. The van der Waals surface area contributed by atoms with Gasteiger partial charge in [0.05, 0.1) is 22.8 Å². The average molecular weight is 604 g/mol. The van der Waals surface area contributed by atoms with Crippen molar-refractivity contribution in [3.8, 4) is 23.0 Å². The summed E-state index contributed by atoms with van der Waals surface area (Å²) in [5.41, 5.74) is 1.23. The van der Waals surface area contributed by atoms with E-state index in [1.807, 2.05) is 12.1 Å². The first-order valence-corrected chi connectivity index (χ1v) is 12.9. The van der Waals surface area contributed by atoms with Crippen LogP contribution < -0.4 is 30.2 Å². The van der Waals surface area contributed by atoms with Gasteiger partial charge in [-0.1, -0.05) is 0 Å². The third-order valence-corrected chi connectivity index (χ3v) is 6.72. The van der Waals surface area contributed by atoms with Crippen LogP contribution in [0.25, 0.3) is 10.9 Å². The fourth-order valence-corrected chi connectivity index (χ4v) is 4.58. The van der Waals surface area contributed by atoms with Crippen LogP contribution in [0.1, 0.15) is 19.8 Å². The lowest BCUT2D eigenvalue weighted by Gasteiger charge is -2.23. The van der Waals surface area contributed by atoms with E-state index in [9.17, 15) is 9.59 Å². The Morgan fingerprint density at radius 2 is 1.86 bits per heavy atom. The van der Waals surface area contributed by atoms with Crippen molar-refractivity contribution in [2.45, 2.75) is 19.8 Å². The van der Waals surface area contributed by atoms with E-state index in [0.29, 0.717) is 47.8 Å². The molecule has 1 aliphatic rings. The van der Waals surface area contributed by atoms with Gasteiger partial charge in [0.15, 0.2) is 11.5 Å². The maximum Gasteiger partial charge on any atom is 0.313 e. The van der Waals surface area contributed by atoms with E-state index >= 15 is 0 Å². The molecule has 0 spiro atoms. The molecule has 0 radical (unpaired) electrons. The molecule has 0 atom stereocenters. The van der Waals surface area contributed by atoms with Gasteiger partial charge in [-0.15, -0.1) is 0 Å². The van der Waals surface area contributed by atoms with Crippen LogP contribution >= 0.6 is 22.6 Å². The molecule has 0 bridgehead atoms. The minimum atomic E-state index is -0.716. The number of nitrogens with zero attached hydrogens (tertiary/aromatic N) is 1. The molecule has 0 saturated carbocycles. The molecule has 190 valence electrons. The van der Waals surface area contributed by atoms with Crippen LogP contribution in [0.4, 0.5) is 5.69 Å². The van der Waals surface area contributed by atoms with Crippen LogP contribution in [0.5, 0.6) is 23.0 Å². The highest BCUT2D eigenvalue weighted by molar-refractivity contribution is 14.1. The molecule has 3 aromatic rings. The molecule has 2 amide bonds. The van der Waals surface area contributed by atoms with Gasteiger partial charge in [0.1, 0.15) is 11.5 Å². The molecule has 0 unspecified atom stereocenters. The molecule has 3 N–H and O–H groups in total. The number of hydrogen-bond donors (Lipinski definition) is 3. The number of nitrogens with one attached hydrogen (secondary N) is 3. The zero-order valence-electron chi connectivity index (χ0n) is 20.2. The van der Waals surface area contributed by atoms with Crippen LogP contribution in [0.15, 0.2) is 42.6 Å². The molecule has 1 aromatic heterocycles. The van der Waals surface area contributed by atoms with Gasteiger partial charge < -0.3 is 30.2 Å². The molecule has 1 saturated heterocycles. The van der Waals surface area contributed by atoms with Crippen molar-refractivity contribution >= 4 is 51.0 Å². The zero-order valence-corrected chi connectivity index (χ0v) is 22.4. The third-order valence-electron chi connectivity index (χ3n) is 5.87. The maximum absolute atomic E-state index is 12.0. The second kappa shape index (κ2) is 12.2. The number of rotatable bonds is 8. The van der Waals surface area contributed by atoms with Crippen molar-refractivity contribution in [1.82, 2.24) is 15.6 Å². The summed E-state index contributed by atoms with van der Waals surface area (Å²) in [6.07, 6.45) is 3.88. The summed E-state index contributed by atoms with van der Waals surface area (Å²) in [6, 6.07) is 10.7. The van der Waals surface area contributed by atoms with Gasteiger partial charge in [-0.2, -0.15) is 0 Å². The van der Waals surface area contributed by atoms with Crippen LogP contribution in [0, 0.1) is 9.49 Å². The molecule has 2 aromatic carbocycles. The number of hydrogen-bond acceptors (Lipinski definition) is 7. The number of pyridine rings is 1. The maximum atomic E-state index is 12.0. The number of piperidine rings is 1. The fourth-order valence-electron chi connectivity index (χ4n) is 3.95. The number of carbonyl (C=O) groups is 2. The van der Waals surface area contributed by atoms with Crippen molar-refractivity contribution in [3.63, 3.8) is 0 Å². The highest BCUT2D eigenvalue weighted by Crippen LogP contribution is 2.38. The largest absolute Gasteiger partial charge is 0.493 e. The molecule has 4 rings (SSSR count). The Hall–Kier alpha value is -3.12. The lowest BCUT2D eigenvalue weighted by atomic mass is 9.99. The summed E-state index contributed by atoms with van der Waals surface area (Å²) < 4.78 is 18.7. The monoisotopic (exact) mass is 604 g/mol. The fraction of sp³-hybridized carbons (Fsp3) is 0.346. The van der Waals surface area contributed by atoms with E-state index in [4.69, 9.17) is 14.2 Å². The first-order valence-electron chi connectivity index (χ1n) is 11.8. The van der Waals surface area contributed by atoms with E-state index in [1.165, 1.54) is 0 Å². The molecule has 1 aliphatic heterocycles. The van der Waals surface area contributed by atoms with Crippen molar-refractivity contribution in [3.05, 3.63) is 46.2 Å². The first kappa shape index (κ1) is 26.0. The van der Waals surface area contributed by atoms with Crippen molar-refractivity contribution in [1.29, 1.82) is 0 Å². The number of anilines is 1. The van der Waals surface area contributed by atoms with Crippen molar-refractivity contribution in [2.24, 2.45) is 5.92 Å². The molecular formula is C26H29IN4O5. The van der Waals surface area contributed by atoms with Crippen LogP contribution in [-0.4, -0.2) is 50.1 Å². The first-order chi connectivity index (χ1) is 17.5. The van der Waals surface area contributed by atoms with Gasteiger partial charge in [0.25, 0.3) is 0 Å². The second-order valence-corrected chi connectivity index (χ2v) is 9.56. The molecule has 10 heteroatoms.